The molecule has 0 saturated carbocycles. The van der Waals surface area contributed by atoms with Gasteiger partial charge in [-0.1, -0.05) is 0 Å². The highest BCUT2D eigenvalue weighted by molar-refractivity contribution is 9.10. The van der Waals surface area contributed by atoms with Crippen LogP contribution in [0.4, 0.5) is 5.82 Å². The molecule has 1 fully saturated rings. The Kier molecular flexibility index (Phi) is 3.81. The maximum absolute atomic E-state index is 11.3. The Hall–Kier alpha value is -1.63. The van der Waals surface area contributed by atoms with E-state index in [1.165, 1.54) is 6.07 Å². The first kappa shape index (κ1) is 12.8. The lowest BCUT2D eigenvalue weighted by Gasteiger charge is -2.22. The van der Waals surface area contributed by atoms with E-state index in [4.69, 9.17) is 0 Å². The van der Waals surface area contributed by atoms with Crippen LogP contribution in [0.15, 0.2) is 16.7 Å². The Balaban J connectivity index is 2.31. The van der Waals surface area contributed by atoms with Crippen molar-refractivity contribution in [2.75, 3.05) is 24.5 Å². The summed E-state index contributed by atoms with van der Waals surface area (Å²) in [7, 11) is 0. The Bertz CT molecular complexity index is 492. The van der Waals surface area contributed by atoms with E-state index in [9.17, 15) is 14.7 Å². The number of carboxylic acids is 1. The molecule has 7 heteroatoms. The van der Waals surface area contributed by atoms with Gasteiger partial charge >= 0.3 is 5.97 Å². The number of nitrogens with one attached hydrogen (secondary N) is 1. The van der Waals surface area contributed by atoms with Gasteiger partial charge in [0.2, 0.25) is 5.91 Å². The fraction of sp³-hybridized carbons (Fsp3) is 0.364. The summed E-state index contributed by atoms with van der Waals surface area (Å²) in [6.45, 7) is 1.52. The van der Waals surface area contributed by atoms with Gasteiger partial charge in [0.05, 0.1) is 0 Å². The van der Waals surface area contributed by atoms with E-state index in [0.717, 1.165) is 0 Å². The highest BCUT2D eigenvalue weighted by Gasteiger charge is 2.20. The first-order valence-corrected chi connectivity index (χ1v) is 6.27. The number of hydrogen-bond donors (Lipinski definition) is 2. The average Bonchev–Trinajstić information content (AvgIpc) is 2.54. The SMILES string of the molecule is O=C1CCN(c2ncc(Br)cc2C(=O)O)CCN1. The van der Waals surface area contributed by atoms with Crippen molar-refractivity contribution >= 4 is 33.6 Å². The molecule has 1 aliphatic heterocycles. The number of carbonyl (C=O) groups is 2. The zero-order valence-electron chi connectivity index (χ0n) is 9.52. The first-order chi connectivity index (χ1) is 8.58. The molecule has 18 heavy (non-hydrogen) atoms. The van der Waals surface area contributed by atoms with E-state index >= 15 is 0 Å². The monoisotopic (exact) mass is 313 g/mol. The third-order valence-electron chi connectivity index (χ3n) is 2.68. The van der Waals surface area contributed by atoms with Crippen LogP contribution in [0.5, 0.6) is 0 Å². The smallest absolute Gasteiger partial charge is 0.339 e. The van der Waals surface area contributed by atoms with Crippen LogP contribution in [0.2, 0.25) is 0 Å². The second-order valence-corrected chi connectivity index (χ2v) is 4.83. The zero-order valence-corrected chi connectivity index (χ0v) is 11.1. The number of aromatic nitrogens is 1. The van der Waals surface area contributed by atoms with Crippen LogP contribution < -0.4 is 10.2 Å². The van der Waals surface area contributed by atoms with Gasteiger partial charge in [-0.05, 0) is 22.0 Å². The summed E-state index contributed by atoms with van der Waals surface area (Å²) in [5.74, 6) is -0.643. The fourth-order valence-electron chi connectivity index (χ4n) is 1.82. The molecule has 0 radical (unpaired) electrons. The van der Waals surface area contributed by atoms with Crippen molar-refractivity contribution in [1.82, 2.24) is 10.3 Å². The molecule has 1 aromatic heterocycles. The predicted octanol–water partition coefficient (Wildman–Crippen LogP) is 0.869. The molecule has 1 aromatic rings. The van der Waals surface area contributed by atoms with Gasteiger partial charge in [0.1, 0.15) is 11.4 Å². The number of hydrogen-bond acceptors (Lipinski definition) is 4. The third kappa shape index (κ3) is 2.79. The second-order valence-electron chi connectivity index (χ2n) is 3.92. The lowest BCUT2D eigenvalue weighted by Crippen LogP contribution is -2.30. The Morgan fingerprint density at radius 3 is 3.00 bits per heavy atom. The summed E-state index contributed by atoms with van der Waals surface area (Å²) in [6, 6.07) is 1.52. The van der Waals surface area contributed by atoms with Crippen molar-refractivity contribution in [3.05, 3.63) is 22.3 Å². The maximum Gasteiger partial charge on any atom is 0.339 e. The van der Waals surface area contributed by atoms with Gasteiger partial charge < -0.3 is 15.3 Å². The number of rotatable bonds is 2. The highest BCUT2D eigenvalue weighted by atomic mass is 79.9. The summed E-state index contributed by atoms with van der Waals surface area (Å²) in [4.78, 5) is 28.4. The van der Waals surface area contributed by atoms with Crippen molar-refractivity contribution in [1.29, 1.82) is 0 Å². The van der Waals surface area contributed by atoms with Crippen LogP contribution in [0, 0.1) is 0 Å². The summed E-state index contributed by atoms with van der Waals surface area (Å²) in [5, 5.41) is 11.9. The lowest BCUT2D eigenvalue weighted by atomic mass is 10.2. The van der Waals surface area contributed by atoms with Crippen molar-refractivity contribution in [2.24, 2.45) is 0 Å². The van der Waals surface area contributed by atoms with E-state index in [-0.39, 0.29) is 11.5 Å². The summed E-state index contributed by atoms with van der Waals surface area (Å²) in [6.07, 6.45) is 1.90. The molecule has 0 aliphatic carbocycles. The van der Waals surface area contributed by atoms with Gasteiger partial charge in [-0.15, -0.1) is 0 Å². The van der Waals surface area contributed by atoms with Gasteiger partial charge in [0.15, 0.2) is 0 Å². The summed E-state index contributed by atoms with van der Waals surface area (Å²) >= 11 is 3.20. The maximum atomic E-state index is 11.3. The Morgan fingerprint density at radius 2 is 2.28 bits per heavy atom. The van der Waals surface area contributed by atoms with Crippen LogP contribution in [0.1, 0.15) is 16.8 Å². The molecule has 2 N–H and O–H groups in total. The molecule has 6 nitrogen and oxygen atoms in total. The molecule has 96 valence electrons. The molecule has 0 bridgehead atoms. The zero-order chi connectivity index (χ0) is 13.1. The minimum absolute atomic E-state index is 0.0218. The molecule has 2 heterocycles. The van der Waals surface area contributed by atoms with Crippen molar-refractivity contribution in [3.63, 3.8) is 0 Å². The van der Waals surface area contributed by atoms with Gasteiger partial charge in [-0.25, -0.2) is 9.78 Å². The third-order valence-corrected chi connectivity index (χ3v) is 3.11. The number of amides is 1. The lowest BCUT2D eigenvalue weighted by molar-refractivity contribution is -0.120. The van der Waals surface area contributed by atoms with E-state index < -0.39 is 5.97 Å². The largest absolute Gasteiger partial charge is 0.478 e. The molecule has 0 unspecified atom stereocenters. The molecule has 0 atom stereocenters. The topological polar surface area (TPSA) is 82.5 Å². The Labute approximate surface area is 112 Å². The standard InChI is InChI=1S/C11H12BrN3O3/c12-7-5-8(11(17)18)10(14-6-7)15-3-1-9(16)13-2-4-15/h5-6H,1-4H2,(H,13,16)(H,17,18). The van der Waals surface area contributed by atoms with E-state index in [0.29, 0.717) is 36.3 Å². The minimum atomic E-state index is -1.03. The average molecular weight is 314 g/mol. The number of carboxylic acid groups (broad SMARTS) is 1. The quantitative estimate of drug-likeness (QED) is 0.846. The second kappa shape index (κ2) is 5.34. The Morgan fingerprint density at radius 1 is 1.50 bits per heavy atom. The minimum Gasteiger partial charge on any atom is -0.478 e. The number of carbonyl (C=O) groups excluding carboxylic acids is 1. The van der Waals surface area contributed by atoms with Crippen LogP contribution in [0.25, 0.3) is 0 Å². The molecular weight excluding hydrogens is 302 g/mol. The number of nitrogens with zero attached hydrogens (tertiary/aromatic N) is 2. The van der Waals surface area contributed by atoms with Gasteiger partial charge in [0.25, 0.3) is 0 Å². The number of halogens is 1. The van der Waals surface area contributed by atoms with Crippen LogP contribution >= 0.6 is 15.9 Å². The molecule has 0 spiro atoms. The summed E-state index contributed by atoms with van der Waals surface area (Å²) in [5.41, 5.74) is 0.138. The molecule has 1 aliphatic rings. The van der Waals surface area contributed by atoms with Crippen molar-refractivity contribution in [2.45, 2.75) is 6.42 Å². The van der Waals surface area contributed by atoms with Crippen molar-refractivity contribution < 1.29 is 14.7 Å². The van der Waals surface area contributed by atoms with Crippen molar-refractivity contribution in [3.8, 4) is 0 Å². The molecule has 1 saturated heterocycles. The van der Waals surface area contributed by atoms with E-state index in [1.54, 1.807) is 6.20 Å². The number of aromatic carboxylic acids is 1. The molecule has 2 rings (SSSR count). The van der Waals surface area contributed by atoms with E-state index in [2.05, 4.69) is 26.2 Å². The first-order valence-electron chi connectivity index (χ1n) is 5.48. The van der Waals surface area contributed by atoms with Crippen LogP contribution in [-0.4, -0.2) is 41.6 Å². The predicted molar refractivity (Wildman–Crippen MR) is 68.7 cm³/mol. The molecule has 0 aromatic carbocycles. The van der Waals surface area contributed by atoms with Crippen LogP contribution in [0.3, 0.4) is 0 Å². The fourth-order valence-corrected chi connectivity index (χ4v) is 2.15. The molecule has 1 amide bonds. The molecular formula is C11H12BrN3O3. The van der Waals surface area contributed by atoms with Gasteiger partial charge in [-0.2, -0.15) is 0 Å². The van der Waals surface area contributed by atoms with Gasteiger partial charge in [-0.3, -0.25) is 4.79 Å². The summed E-state index contributed by atoms with van der Waals surface area (Å²) < 4.78 is 0.618. The van der Waals surface area contributed by atoms with Gasteiger partial charge in [0, 0.05) is 36.7 Å². The number of anilines is 1. The number of pyridine rings is 1. The normalized spacial score (nSPS) is 16.1. The van der Waals surface area contributed by atoms with Crippen LogP contribution in [-0.2, 0) is 4.79 Å². The highest BCUT2D eigenvalue weighted by Crippen LogP contribution is 2.22. The van der Waals surface area contributed by atoms with E-state index in [1.807, 2.05) is 4.90 Å².